The van der Waals surface area contributed by atoms with Gasteiger partial charge in [0.05, 0.1) is 5.41 Å². The number of rotatable bonds is 1. The molecule has 0 radical (unpaired) electrons. The van der Waals surface area contributed by atoms with E-state index in [2.05, 4.69) is 5.32 Å². The summed E-state index contributed by atoms with van der Waals surface area (Å²) in [6.07, 6.45) is 3.96. The Kier molecular flexibility index (Phi) is 6.52. The summed E-state index contributed by atoms with van der Waals surface area (Å²) in [4.78, 5) is 10.0. The zero-order valence-electron chi connectivity index (χ0n) is 10.0. The number of carbonyl (C=O) groups is 1. The van der Waals surface area contributed by atoms with E-state index in [9.17, 15) is 4.79 Å². The average molecular weight is 216 g/mol. The molecule has 15 heavy (non-hydrogen) atoms. The fraction of sp³-hybridized carbons (Fsp3) is 0.909. The second-order valence-corrected chi connectivity index (χ2v) is 4.94. The predicted octanol–water partition coefficient (Wildman–Crippen LogP) is 1.20. The van der Waals surface area contributed by atoms with Crippen LogP contribution in [-0.2, 0) is 4.79 Å². The molecule has 0 saturated carbocycles. The minimum Gasteiger partial charge on any atom is -0.481 e. The van der Waals surface area contributed by atoms with Gasteiger partial charge in [0.1, 0.15) is 0 Å². The van der Waals surface area contributed by atoms with Gasteiger partial charge in [-0.25, -0.2) is 0 Å². The Hall–Kier alpha value is -0.610. The first kappa shape index (κ1) is 14.4. The standard InChI is InChI=1S/C6H14N2.C5H10O2/c7-5-6-3-1-2-4-8-6;1-5(2,3)4(6)7/h6,8H,1-5,7H2;1-3H3,(H,6,7). The summed E-state index contributed by atoms with van der Waals surface area (Å²) in [5.74, 6) is -0.757. The van der Waals surface area contributed by atoms with E-state index in [0.29, 0.717) is 6.04 Å². The van der Waals surface area contributed by atoms with Crippen molar-refractivity contribution >= 4 is 5.97 Å². The molecule has 0 spiro atoms. The Morgan fingerprint density at radius 1 is 1.47 bits per heavy atom. The highest BCUT2D eigenvalue weighted by atomic mass is 16.4. The van der Waals surface area contributed by atoms with Crippen molar-refractivity contribution in [3.8, 4) is 0 Å². The van der Waals surface area contributed by atoms with E-state index in [1.54, 1.807) is 20.8 Å². The number of aliphatic carboxylic acids is 1. The number of nitrogens with one attached hydrogen (secondary N) is 1. The van der Waals surface area contributed by atoms with Gasteiger partial charge in [0, 0.05) is 12.6 Å². The molecule has 4 heteroatoms. The lowest BCUT2D eigenvalue weighted by Crippen LogP contribution is -2.39. The lowest BCUT2D eigenvalue weighted by molar-refractivity contribution is -0.145. The van der Waals surface area contributed by atoms with Crippen LogP contribution >= 0.6 is 0 Å². The molecule has 1 unspecified atom stereocenters. The molecule has 90 valence electrons. The SMILES string of the molecule is CC(C)(C)C(=O)O.NCC1CCCCN1. The fourth-order valence-electron chi connectivity index (χ4n) is 1.13. The molecule has 0 bridgehead atoms. The van der Waals surface area contributed by atoms with Gasteiger partial charge in [-0.2, -0.15) is 0 Å². The zero-order chi connectivity index (χ0) is 11.9. The number of carboxylic acids is 1. The fourth-order valence-corrected chi connectivity index (χ4v) is 1.13. The maximum atomic E-state index is 10.0. The maximum absolute atomic E-state index is 10.0. The van der Waals surface area contributed by atoms with Crippen molar-refractivity contribution in [2.24, 2.45) is 11.1 Å². The summed E-state index contributed by atoms with van der Waals surface area (Å²) in [6, 6.07) is 0.615. The normalized spacial score (nSPS) is 21.5. The van der Waals surface area contributed by atoms with Crippen LogP contribution in [0, 0.1) is 5.41 Å². The molecule has 0 amide bonds. The first-order valence-electron chi connectivity index (χ1n) is 5.54. The van der Waals surface area contributed by atoms with E-state index in [4.69, 9.17) is 10.8 Å². The van der Waals surface area contributed by atoms with E-state index < -0.39 is 11.4 Å². The second kappa shape index (κ2) is 6.80. The number of nitrogens with two attached hydrogens (primary N) is 1. The maximum Gasteiger partial charge on any atom is 0.308 e. The van der Waals surface area contributed by atoms with Crippen molar-refractivity contribution in [1.82, 2.24) is 5.32 Å². The van der Waals surface area contributed by atoms with Gasteiger partial charge < -0.3 is 16.2 Å². The average Bonchev–Trinajstić information content (AvgIpc) is 2.18. The van der Waals surface area contributed by atoms with E-state index in [0.717, 1.165) is 6.54 Å². The molecule has 0 aromatic carbocycles. The molecule has 1 heterocycles. The lowest BCUT2D eigenvalue weighted by Gasteiger charge is -2.21. The van der Waals surface area contributed by atoms with Crippen LogP contribution in [-0.4, -0.2) is 30.2 Å². The number of hydrogen-bond donors (Lipinski definition) is 3. The monoisotopic (exact) mass is 216 g/mol. The molecule has 1 atom stereocenters. The van der Waals surface area contributed by atoms with Crippen molar-refractivity contribution in [3.63, 3.8) is 0 Å². The highest BCUT2D eigenvalue weighted by Crippen LogP contribution is 2.11. The molecule has 1 fully saturated rings. The Morgan fingerprint density at radius 3 is 2.20 bits per heavy atom. The summed E-state index contributed by atoms with van der Waals surface area (Å²) in [6.45, 7) is 6.96. The number of carboxylic acid groups (broad SMARTS) is 1. The van der Waals surface area contributed by atoms with Crippen LogP contribution in [0.1, 0.15) is 40.0 Å². The van der Waals surface area contributed by atoms with Gasteiger partial charge in [-0.3, -0.25) is 4.79 Å². The molecule has 1 aliphatic heterocycles. The number of hydrogen-bond acceptors (Lipinski definition) is 3. The molecule has 4 nitrogen and oxygen atoms in total. The van der Waals surface area contributed by atoms with Gasteiger partial charge in [-0.05, 0) is 40.2 Å². The van der Waals surface area contributed by atoms with Crippen LogP contribution < -0.4 is 11.1 Å². The van der Waals surface area contributed by atoms with Gasteiger partial charge in [0.25, 0.3) is 0 Å². The molecular formula is C11H24N2O2. The first-order valence-corrected chi connectivity index (χ1v) is 5.54. The summed E-state index contributed by atoms with van der Waals surface area (Å²) in [5.41, 5.74) is 4.86. The van der Waals surface area contributed by atoms with Crippen molar-refractivity contribution in [2.75, 3.05) is 13.1 Å². The highest BCUT2D eigenvalue weighted by molar-refractivity contribution is 5.72. The topological polar surface area (TPSA) is 75.3 Å². The zero-order valence-corrected chi connectivity index (χ0v) is 10.0. The third-order valence-electron chi connectivity index (χ3n) is 2.34. The molecule has 4 N–H and O–H groups in total. The minimum atomic E-state index is -0.757. The van der Waals surface area contributed by atoms with Gasteiger partial charge in [0.2, 0.25) is 0 Å². The van der Waals surface area contributed by atoms with Crippen LogP contribution in [0.15, 0.2) is 0 Å². The Morgan fingerprint density at radius 2 is 2.00 bits per heavy atom. The number of piperidine rings is 1. The van der Waals surface area contributed by atoms with E-state index in [1.165, 1.54) is 25.8 Å². The Bertz CT molecular complexity index is 182. The third kappa shape index (κ3) is 7.33. The predicted molar refractivity (Wildman–Crippen MR) is 61.8 cm³/mol. The van der Waals surface area contributed by atoms with E-state index in [1.807, 2.05) is 0 Å². The highest BCUT2D eigenvalue weighted by Gasteiger charge is 2.18. The summed E-state index contributed by atoms with van der Waals surface area (Å²) >= 11 is 0. The molecule has 0 aromatic heterocycles. The largest absolute Gasteiger partial charge is 0.481 e. The summed E-state index contributed by atoms with van der Waals surface area (Å²) in [5, 5.41) is 11.6. The van der Waals surface area contributed by atoms with Gasteiger partial charge in [-0.15, -0.1) is 0 Å². The third-order valence-corrected chi connectivity index (χ3v) is 2.34. The van der Waals surface area contributed by atoms with Gasteiger partial charge in [0.15, 0.2) is 0 Å². The molecular weight excluding hydrogens is 192 g/mol. The van der Waals surface area contributed by atoms with Crippen LogP contribution in [0.3, 0.4) is 0 Å². The van der Waals surface area contributed by atoms with Gasteiger partial charge in [-0.1, -0.05) is 6.42 Å². The van der Waals surface area contributed by atoms with Crippen LogP contribution in [0.5, 0.6) is 0 Å². The van der Waals surface area contributed by atoms with Gasteiger partial charge >= 0.3 is 5.97 Å². The first-order chi connectivity index (χ1) is 6.88. The minimum absolute atomic E-state index is 0.583. The molecule has 0 aromatic rings. The van der Waals surface area contributed by atoms with Crippen LogP contribution in [0.2, 0.25) is 0 Å². The van der Waals surface area contributed by atoms with Crippen LogP contribution in [0.25, 0.3) is 0 Å². The Balaban J connectivity index is 0.000000265. The lowest BCUT2D eigenvalue weighted by atomic mass is 9.98. The smallest absolute Gasteiger partial charge is 0.308 e. The quantitative estimate of drug-likeness (QED) is 0.615. The molecule has 1 aliphatic rings. The van der Waals surface area contributed by atoms with Crippen molar-refractivity contribution in [1.29, 1.82) is 0 Å². The van der Waals surface area contributed by atoms with E-state index >= 15 is 0 Å². The van der Waals surface area contributed by atoms with Crippen LogP contribution in [0.4, 0.5) is 0 Å². The van der Waals surface area contributed by atoms with E-state index in [-0.39, 0.29) is 0 Å². The molecule has 1 saturated heterocycles. The van der Waals surface area contributed by atoms with Crippen molar-refractivity contribution < 1.29 is 9.90 Å². The summed E-state index contributed by atoms with van der Waals surface area (Å²) < 4.78 is 0. The molecule has 0 aliphatic carbocycles. The van der Waals surface area contributed by atoms with Crippen molar-refractivity contribution in [2.45, 2.75) is 46.1 Å². The second-order valence-electron chi connectivity index (χ2n) is 4.94. The van der Waals surface area contributed by atoms with Crippen molar-refractivity contribution in [3.05, 3.63) is 0 Å². The summed E-state index contributed by atoms with van der Waals surface area (Å²) in [7, 11) is 0. The molecule has 1 rings (SSSR count). The Labute approximate surface area is 92.2 Å².